The Morgan fingerprint density at radius 2 is 1.71 bits per heavy atom. The molecular weight excluding hydrogens is 419 g/mol. The van der Waals surface area contributed by atoms with E-state index in [1.165, 1.54) is 36.4 Å². The van der Waals surface area contributed by atoms with Gasteiger partial charge < -0.3 is 15.4 Å². The zero-order valence-electron chi connectivity index (χ0n) is 16.8. The quantitative estimate of drug-likeness (QED) is 0.532. The van der Waals surface area contributed by atoms with E-state index in [4.69, 9.17) is 4.74 Å². The number of hydrogen-bond acceptors (Lipinski definition) is 2. The highest BCUT2D eigenvalue weighted by atomic mass is 19.4. The highest BCUT2D eigenvalue weighted by Crippen LogP contribution is 2.31. The van der Waals surface area contributed by atoms with Crippen molar-refractivity contribution in [2.45, 2.75) is 56.9 Å². The summed E-state index contributed by atoms with van der Waals surface area (Å²) >= 11 is 0. The number of hydrogen-bond donors (Lipinski definition) is 2. The van der Waals surface area contributed by atoms with Crippen molar-refractivity contribution in [1.29, 1.82) is 0 Å². The first kappa shape index (κ1) is 22.8. The van der Waals surface area contributed by atoms with Crippen LogP contribution >= 0.6 is 0 Å². The zero-order valence-corrected chi connectivity index (χ0v) is 16.8. The number of carbonyl (C=O) groups excluding carboxylic acids is 1. The van der Waals surface area contributed by atoms with Gasteiger partial charge in [-0.3, -0.25) is 0 Å². The van der Waals surface area contributed by atoms with Crippen molar-refractivity contribution in [2.75, 3.05) is 5.32 Å². The van der Waals surface area contributed by atoms with E-state index in [2.05, 4.69) is 10.6 Å². The van der Waals surface area contributed by atoms with Crippen LogP contribution in [0.4, 0.5) is 32.4 Å². The second-order valence-corrected chi connectivity index (χ2v) is 7.69. The Kier molecular flexibility index (Phi) is 6.71. The van der Waals surface area contributed by atoms with E-state index in [1.807, 2.05) is 0 Å². The molecule has 2 amide bonds. The Hall–Kier alpha value is -2.84. The summed E-state index contributed by atoms with van der Waals surface area (Å²) in [7, 11) is 0. The molecular formula is C22H23F5N2O2. The van der Waals surface area contributed by atoms with E-state index in [0.717, 1.165) is 31.9 Å². The third-order valence-corrected chi connectivity index (χ3v) is 5.07. The van der Waals surface area contributed by atoms with Crippen molar-refractivity contribution >= 4 is 11.7 Å². The SMILES string of the molecule is CC(F)(F)c1ccc(OC2CCCC(NC(=O)Nc3cccc(C(F)(F)F)c3)C2)cc1. The summed E-state index contributed by atoms with van der Waals surface area (Å²) in [6, 6.07) is 9.20. The summed E-state index contributed by atoms with van der Waals surface area (Å²) in [6.07, 6.45) is -1.96. The first-order valence-corrected chi connectivity index (χ1v) is 9.90. The number of carbonyl (C=O) groups is 1. The molecule has 0 radical (unpaired) electrons. The van der Waals surface area contributed by atoms with Crippen molar-refractivity contribution in [1.82, 2.24) is 5.32 Å². The van der Waals surface area contributed by atoms with Crippen molar-refractivity contribution in [2.24, 2.45) is 0 Å². The van der Waals surface area contributed by atoms with Gasteiger partial charge in [-0.1, -0.05) is 6.07 Å². The number of anilines is 1. The molecule has 3 rings (SSSR count). The van der Waals surface area contributed by atoms with Gasteiger partial charge in [0, 0.05) is 30.6 Å². The normalized spacial score (nSPS) is 19.5. The number of halogens is 5. The van der Waals surface area contributed by atoms with Gasteiger partial charge in [0.2, 0.25) is 0 Å². The Bertz CT molecular complexity index is 894. The molecule has 168 valence electrons. The Labute approximate surface area is 176 Å². The van der Waals surface area contributed by atoms with Gasteiger partial charge in [0.15, 0.2) is 0 Å². The van der Waals surface area contributed by atoms with Crippen LogP contribution in [0.25, 0.3) is 0 Å². The van der Waals surface area contributed by atoms with Crippen molar-refractivity contribution in [3.8, 4) is 5.75 Å². The molecule has 2 unspecified atom stereocenters. The lowest BCUT2D eigenvalue weighted by Gasteiger charge is -2.30. The Morgan fingerprint density at radius 3 is 2.35 bits per heavy atom. The summed E-state index contributed by atoms with van der Waals surface area (Å²) in [5.41, 5.74) is -0.902. The molecule has 0 heterocycles. The molecule has 2 aromatic rings. The number of benzene rings is 2. The van der Waals surface area contributed by atoms with Gasteiger partial charge >= 0.3 is 12.2 Å². The summed E-state index contributed by atoms with van der Waals surface area (Å²) in [5.74, 6) is -2.46. The minimum Gasteiger partial charge on any atom is -0.490 e. The molecule has 2 N–H and O–H groups in total. The minimum atomic E-state index is -4.49. The molecule has 0 spiro atoms. The first-order chi connectivity index (χ1) is 14.5. The fraction of sp³-hybridized carbons (Fsp3) is 0.409. The molecule has 0 bridgehead atoms. The number of ether oxygens (including phenoxy) is 1. The molecule has 1 fully saturated rings. The zero-order chi connectivity index (χ0) is 22.6. The Balaban J connectivity index is 1.53. The standard InChI is InChI=1S/C22H23F5N2O2/c1-21(23,24)14-8-10-18(11-9-14)31-19-7-3-6-17(13-19)29-20(30)28-16-5-2-4-15(12-16)22(25,26)27/h2,4-5,8-12,17,19H,3,6-7,13H2,1H3,(H2,28,29,30). The fourth-order valence-electron chi connectivity index (χ4n) is 3.53. The number of urea groups is 1. The van der Waals surface area contributed by atoms with Gasteiger partial charge in [-0.15, -0.1) is 0 Å². The molecule has 1 aliphatic carbocycles. The minimum absolute atomic E-state index is 0.0451. The van der Waals surface area contributed by atoms with Gasteiger partial charge in [0.1, 0.15) is 11.9 Å². The molecule has 1 aliphatic rings. The molecule has 1 saturated carbocycles. The Morgan fingerprint density at radius 1 is 1.00 bits per heavy atom. The maximum absolute atomic E-state index is 13.3. The molecule has 31 heavy (non-hydrogen) atoms. The van der Waals surface area contributed by atoms with Gasteiger partial charge in [0.25, 0.3) is 5.92 Å². The van der Waals surface area contributed by atoms with Gasteiger partial charge in [0.05, 0.1) is 5.56 Å². The topological polar surface area (TPSA) is 50.4 Å². The van der Waals surface area contributed by atoms with Crippen LogP contribution in [-0.4, -0.2) is 18.2 Å². The number of alkyl halides is 5. The van der Waals surface area contributed by atoms with Crippen molar-refractivity contribution < 1.29 is 31.5 Å². The van der Waals surface area contributed by atoms with E-state index in [1.54, 1.807) is 0 Å². The highest BCUT2D eigenvalue weighted by molar-refractivity contribution is 5.89. The summed E-state index contributed by atoms with van der Waals surface area (Å²) in [5, 5.41) is 5.18. The van der Waals surface area contributed by atoms with Crippen LogP contribution < -0.4 is 15.4 Å². The van der Waals surface area contributed by atoms with E-state index < -0.39 is 23.7 Å². The van der Waals surface area contributed by atoms with Gasteiger partial charge in [-0.05, 0) is 61.7 Å². The summed E-state index contributed by atoms with van der Waals surface area (Å²) in [4.78, 5) is 12.2. The second kappa shape index (κ2) is 9.11. The first-order valence-electron chi connectivity index (χ1n) is 9.90. The van der Waals surface area contributed by atoms with E-state index >= 15 is 0 Å². The molecule has 4 nitrogen and oxygen atoms in total. The molecule has 0 aromatic heterocycles. The number of rotatable bonds is 5. The predicted octanol–water partition coefficient (Wildman–Crippen LogP) is 6.33. The van der Waals surface area contributed by atoms with Crippen LogP contribution in [0, 0.1) is 0 Å². The van der Waals surface area contributed by atoms with Crippen LogP contribution in [0.3, 0.4) is 0 Å². The average Bonchev–Trinajstić information content (AvgIpc) is 2.67. The largest absolute Gasteiger partial charge is 0.490 e. The summed E-state index contributed by atoms with van der Waals surface area (Å²) in [6.45, 7) is 0.824. The van der Waals surface area contributed by atoms with Crippen LogP contribution in [0.2, 0.25) is 0 Å². The third-order valence-electron chi connectivity index (χ3n) is 5.07. The molecule has 9 heteroatoms. The molecule has 0 saturated heterocycles. The fourth-order valence-corrected chi connectivity index (χ4v) is 3.53. The predicted molar refractivity (Wildman–Crippen MR) is 106 cm³/mol. The van der Waals surface area contributed by atoms with Crippen LogP contribution in [0.15, 0.2) is 48.5 Å². The van der Waals surface area contributed by atoms with Crippen LogP contribution in [0.1, 0.15) is 43.7 Å². The third kappa shape index (κ3) is 6.57. The second-order valence-electron chi connectivity index (χ2n) is 7.69. The molecule has 0 aliphatic heterocycles. The van der Waals surface area contributed by atoms with Crippen LogP contribution in [-0.2, 0) is 12.1 Å². The van der Waals surface area contributed by atoms with Gasteiger partial charge in [-0.2, -0.15) is 13.2 Å². The average molecular weight is 442 g/mol. The lowest BCUT2D eigenvalue weighted by atomic mass is 9.93. The maximum atomic E-state index is 13.3. The maximum Gasteiger partial charge on any atom is 0.416 e. The van der Waals surface area contributed by atoms with Crippen molar-refractivity contribution in [3.63, 3.8) is 0 Å². The van der Waals surface area contributed by atoms with Gasteiger partial charge in [-0.25, -0.2) is 13.6 Å². The highest BCUT2D eigenvalue weighted by Gasteiger charge is 2.31. The van der Waals surface area contributed by atoms with E-state index in [-0.39, 0.29) is 23.4 Å². The summed E-state index contributed by atoms with van der Waals surface area (Å²) < 4.78 is 70.9. The lowest BCUT2D eigenvalue weighted by Crippen LogP contribution is -2.43. The molecule has 2 aromatic carbocycles. The van der Waals surface area contributed by atoms with Crippen LogP contribution in [0.5, 0.6) is 5.75 Å². The lowest BCUT2D eigenvalue weighted by molar-refractivity contribution is -0.137. The monoisotopic (exact) mass is 442 g/mol. The van der Waals surface area contributed by atoms with E-state index in [9.17, 15) is 26.7 Å². The number of nitrogens with one attached hydrogen (secondary N) is 2. The molecule has 2 atom stereocenters. The number of amides is 2. The van der Waals surface area contributed by atoms with E-state index in [0.29, 0.717) is 18.6 Å². The smallest absolute Gasteiger partial charge is 0.416 e. The van der Waals surface area contributed by atoms with Crippen molar-refractivity contribution in [3.05, 3.63) is 59.7 Å².